The molecule has 0 bridgehead atoms. The molecule has 2 N–H and O–H groups in total. The molecule has 1 heterocycles. The van der Waals surface area contributed by atoms with E-state index < -0.39 is 4.92 Å². The largest absolute Gasteiger partial charge is 0.324 e. The Balaban J connectivity index is 1.71. The van der Waals surface area contributed by atoms with E-state index in [4.69, 9.17) is 0 Å². The zero-order chi connectivity index (χ0) is 16.2. The quantitative estimate of drug-likeness (QED) is 0.439. The summed E-state index contributed by atoms with van der Waals surface area (Å²) in [7, 11) is 0. The lowest BCUT2D eigenvalue weighted by Crippen LogP contribution is -2.08. The molecule has 0 spiro atoms. The fraction of sp³-hybridized carbons (Fsp3) is 0. The van der Waals surface area contributed by atoms with Crippen molar-refractivity contribution in [1.82, 2.24) is 9.97 Å². The lowest BCUT2D eigenvalue weighted by molar-refractivity contribution is -0.384. The molecule has 3 rings (SSSR count). The summed E-state index contributed by atoms with van der Waals surface area (Å²) in [4.78, 5) is 29.3. The molecule has 1 aromatic heterocycles. The summed E-state index contributed by atoms with van der Waals surface area (Å²) in [5.74, 6) is -0.0320. The van der Waals surface area contributed by atoms with Crippen molar-refractivity contribution >= 4 is 34.7 Å². The molecular weight excluding hydrogens is 296 g/mol. The van der Waals surface area contributed by atoms with Crippen molar-refractivity contribution < 1.29 is 9.72 Å². The van der Waals surface area contributed by atoms with Gasteiger partial charge in [-0.3, -0.25) is 20.2 Å². The number of nitro groups is 1. The Morgan fingerprint density at radius 1 is 1.22 bits per heavy atom. The number of benzene rings is 2. The van der Waals surface area contributed by atoms with Crippen LogP contribution in [-0.2, 0) is 4.79 Å². The number of carbonyl (C=O) groups excluding carboxylic acids is 1. The molecule has 0 aliphatic heterocycles. The second-order valence-electron chi connectivity index (χ2n) is 4.78. The molecule has 0 saturated heterocycles. The highest BCUT2D eigenvalue weighted by Gasteiger charge is 2.06. The molecule has 114 valence electrons. The average molecular weight is 308 g/mol. The number of anilines is 1. The monoisotopic (exact) mass is 308 g/mol. The molecule has 2 aromatic carbocycles. The van der Waals surface area contributed by atoms with Crippen LogP contribution in [0.4, 0.5) is 11.6 Å². The van der Waals surface area contributed by atoms with E-state index in [1.807, 2.05) is 24.3 Å². The Hall–Kier alpha value is -3.48. The van der Waals surface area contributed by atoms with E-state index in [2.05, 4.69) is 15.3 Å². The molecule has 7 nitrogen and oxygen atoms in total. The third-order valence-electron chi connectivity index (χ3n) is 3.14. The molecular formula is C16H12N4O3. The number of nitro benzene ring substituents is 1. The maximum absolute atomic E-state index is 11.9. The number of non-ortho nitro benzene ring substituents is 1. The number of rotatable bonds is 4. The maximum Gasteiger partial charge on any atom is 0.270 e. The fourth-order valence-corrected chi connectivity index (χ4v) is 2.08. The van der Waals surface area contributed by atoms with E-state index in [9.17, 15) is 14.9 Å². The van der Waals surface area contributed by atoms with Crippen molar-refractivity contribution in [2.24, 2.45) is 0 Å². The minimum atomic E-state index is -0.480. The Labute approximate surface area is 130 Å². The molecule has 0 atom stereocenters. The Kier molecular flexibility index (Phi) is 3.84. The normalized spacial score (nSPS) is 11.0. The highest BCUT2D eigenvalue weighted by atomic mass is 16.6. The minimum Gasteiger partial charge on any atom is -0.324 e. The molecule has 0 fully saturated rings. The van der Waals surface area contributed by atoms with E-state index in [0.29, 0.717) is 11.5 Å². The molecule has 1 amide bonds. The van der Waals surface area contributed by atoms with Crippen LogP contribution >= 0.6 is 0 Å². The van der Waals surface area contributed by atoms with Crippen molar-refractivity contribution in [3.63, 3.8) is 0 Å². The number of nitrogens with zero attached hydrogens (tertiary/aromatic N) is 2. The number of carbonyl (C=O) groups is 1. The first kappa shape index (κ1) is 14.5. The summed E-state index contributed by atoms with van der Waals surface area (Å²) < 4.78 is 0. The van der Waals surface area contributed by atoms with Crippen molar-refractivity contribution in [2.45, 2.75) is 0 Å². The molecule has 0 aliphatic rings. The summed E-state index contributed by atoms with van der Waals surface area (Å²) in [5.41, 5.74) is 2.12. The van der Waals surface area contributed by atoms with Crippen molar-refractivity contribution in [1.29, 1.82) is 0 Å². The number of H-pyrrole nitrogens is 1. The number of imidazole rings is 1. The summed E-state index contributed by atoms with van der Waals surface area (Å²) in [6, 6.07) is 13.5. The summed E-state index contributed by atoms with van der Waals surface area (Å²) in [6.07, 6.45) is 2.80. The van der Waals surface area contributed by atoms with Crippen LogP contribution in [0.15, 0.2) is 54.6 Å². The number of fused-ring (bicyclic) bond motifs is 1. The molecule has 0 saturated carbocycles. The van der Waals surface area contributed by atoms with E-state index >= 15 is 0 Å². The lowest BCUT2D eigenvalue weighted by Gasteiger charge is -1.97. The van der Waals surface area contributed by atoms with Gasteiger partial charge in [0.2, 0.25) is 5.95 Å². The fourth-order valence-electron chi connectivity index (χ4n) is 2.08. The van der Waals surface area contributed by atoms with Gasteiger partial charge in [-0.15, -0.1) is 0 Å². The molecule has 3 aromatic rings. The van der Waals surface area contributed by atoms with E-state index in [1.54, 1.807) is 12.1 Å². The zero-order valence-electron chi connectivity index (χ0n) is 11.9. The number of para-hydroxylation sites is 2. The Morgan fingerprint density at radius 3 is 2.83 bits per heavy atom. The van der Waals surface area contributed by atoms with Gasteiger partial charge in [0.05, 0.1) is 16.0 Å². The van der Waals surface area contributed by atoms with Gasteiger partial charge in [-0.1, -0.05) is 24.3 Å². The molecule has 23 heavy (non-hydrogen) atoms. The van der Waals surface area contributed by atoms with Gasteiger partial charge in [0.1, 0.15) is 0 Å². The maximum atomic E-state index is 11.9. The lowest BCUT2D eigenvalue weighted by atomic mass is 10.2. The van der Waals surface area contributed by atoms with Gasteiger partial charge in [0, 0.05) is 18.2 Å². The highest BCUT2D eigenvalue weighted by molar-refractivity contribution is 6.01. The second-order valence-corrected chi connectivity index (χ2v) is 4.78. The SMILES string of the molecule is O=C(C=Cc1cccc([N+](=O)[O-])c1)Nc1nc2ccccc2[nH]1. The van der Waals surface area contributed by atoms with Gasteiger partial charge in [0.15, 0.2) is 0 Å². The first-order valence-electron chi connectivity index (χ1n) is 6.80. The number of nitrogens with one attached hydrogen (secondary N) is 2. The molecule has 0 aliphatic carbocycles. The predicted octanol–water partition coefficient (Wildman–Crippen LogP) is 3.12. The summed E-state index contributed by atoms with van der Waals surface area (Å²) in [6.45, 7) is 0. The van der Waals surface area contributed by atoms with Crippen molar-refractivity contribution in [2.75, 3.05) is 5.32 Å². The van der Waals surface area contributed by atoms with Crippen LogP contribution in [0.1, 0.15) is 5.56 Å². The van der Waals surface area contributed by atoms with E-state index in [0.717, 1.165) is 11.0 Å². The number of hydrogen-bond acceptors (Lipinski definition) is 4. The highest BCUT2D eigenvalue weighted by Crippen LogP contribution is 2.15. The first-order chi connectivity index (χ1) is 11.1. The van der Waals surface area contributed by atoms with E-state index in [-0.39, 0.29) is 11.6 Å². The third kappa shape index (κ3) is 3.41. The minimum absolute atomic E-state index is 0.0233. The number of aromatic nitrogens is 2. The number of amides is 1. The van der Waals surface area contributed by atoms with Gasteiger partial charge in [0.25, 0.3) is 11.6 Å². The number of aromatic amines is 1. The van der Waals surface area contributed by atoms with Crippen molar-refractivity contribution in [3.05, 3.63) is 70.3 Å². The van der Waals surface area contributed by atoms with Crippen molar-refractivity contribution in [3.8, 4) is 0 Å². The predicted molar refractivity (Wildman–Crippen MR) is 86.9 cm³/mol. The Bertz CT molecular complexity index is 881. The van der Waals surface area contributed by atoms with Crippen LogP contribution in [0.3, 0.4) is 0 Å². The Morgan fingerprint density at radius 2 is 2.04 bits per heavy atom. The van der Waals surface area contributed by atoms with Crippen LogP contribution in [0.5, 0.6) is 0 Å². The van der Waals surface area contributed by atoms with Crippen LogP contribution in [-0.4, -0.2) is 20.8 Å². The first-order valence-corrected chi connectivity index (χ1v) is 6.80. The molecule has 0 unspecified atom stereocenters. The van der Waals surface area contributed by atoms with Crippen LogP contribution in [0, 0.1) is 10.1 Å². The van der Waals surface area contributed by atoms with Gasteiger partial charge in [-0.05, 0) is 23.8 Å². The summed E-state index contributed by atoms with van der Waals surface area (Å²) in [5, 5.41) is 13.3. The average Bonchev–Trinajstić information content (AvgIpc) is 2.95. The summed E-state index contributed by atoms with van der Waals surface area (Å²) >= 11 is 0. The van der Waals surface area contributed by atoms with Gasteiger partial charge >= 0.3 is 0 Å². The topological polar surface area (TPSA) is 101 Å². The molecule has 7 heteroatoms. The van der Waals surface area contributed by atoms with Crippen LogP contribution in [0.25, 0.3) is 17.1 Å². The molecule has 0 radical (unpaired) electrons. The van der Waals surface area contributed by atoms with Gasteiger partial charge < -0.3 is 4.98 Å². The zero-order valence-corrected chi connectivity index (χ0v) is 11.9. The van der Waals surface area contributed by atoms with Gasteiger partial charge in [-0.2, -0.15) is 0 Å². The second kappa shape index (κ2) is 6.10. The smallest absolute Gasteiger partial charge is 0.270 e. The number of hydrogen-bond donors (Lipinski definition) is 2. The van der Waals surface area contributed by atoms with E-state index in [1.165, 1.54) is 24.3 Å². The third-order valence-corrected chi connectivity index (χ3v) is 3.14. The van der Waals surface area contributed by atoms with Crippen LogP contribution in [0.2, 0.25) is 0 Å². The van der Waals surface area contributed by atoms with Crippen LogP contribution < -0.4 is 5.32 Å². The van der Waals surface area contributed by atoms with Gasteiger partial charge in [-0.25, -0.2) is 4.98 Å². The standard InChI is InChI=1S/C16H12N4O3/c21-15(9-8-11-4-3-5-12(10-11)20(22)23)19-16-17-13-6-1-2-7-14(13)18-16/h1-10H,(H2,17,18,19,21).